The zero-order valence-corrected chi connectivity index (χ0v) is 13.4. The number of pyridine rings is 1. The Morgan fingerprint density at radius 2 is 2.19 bits per heavy atom. The third-order valence-corrected chi connectivity index (χ3v) is 4.37. The number of nitrogens with zero attached hydrogens (tertiary/aromatic N) is 2. The lowest BCUT2D eigenvalue weighted by molar-refractivity contribution is 0.0753. The summed E-state index contributed by atoms with van der Waals surface area (Å²) in [6, 6.07) is 3.75. The summed E-state index contributed by atoms with van der Waals surface area (Å²) in [6.45, 7) is 9.18. The smallest absolute Gasteiger partial charge is 0.272 e. The predicted molar refractivity (Wildman–Crippen MR) is 86.5 cm³/mol. The van der Waals surface area contributed by atoms with Crippen LogP contribution in [0.4, 0.5) is 5.69 Å². The van der Waals surface area contributed by atoms with E-state index in [1.54, 1.807) is 6.20 Å². The molecule has 1 fully saturated rings. The van der Waals surface area contributed by atoms with Crippen molar-refractivity contribution < 1.29 is 4.79 Å². The van der Waals surface area contributed by atoms with Crippen LogP contribution in [-0.2, 0) is 0 Å². The lowest BCUT2D eigenvalue weighted by atomic mass is 9.89. The molecule has 1 aliphatic heterocycles. The van der Waals surface area contributed by atoms with Gasteiger partial charge in [-0.2, -0.15) is 0 Å². The fraction of sp³-hybridized carbons (Fsp3) is 0.647. The summed E-state index contributed by atoms with van der Waals surface area (Å²) in [5.74, 6) is 1.52. The Morgan fingerprint density at radius 1 is 1.38 bits per heavy atom. The Hall–Kier alpha value is -1.58. The van der Waals surface area contributed by atoms with Crippen LogP contribution in [0.3, 0.4) is 0 Å². The maximum atomic E-state index is 12.5. The van der Waals surface area contributed by atoms with Gasteiger partial charge in [0.15, 0.2) is 0 Å². The molecule has 1 atom stereocenters. The molecule has 0 saturated carbocycles. The number of rotatable bonds is 4. The summed E-state index contributed by atoms with van der Waals surface area (Å²) in [7, 11) is 0. The molecule has 4 nitrogen and oxygen atoms in total. The van der Waals surface area contributed by atoms with E-state index in [1.807, 2.05) is 24.0 Å². The number of hydrogen-bond donors (Lipinski definition) is 1. The van der Waals surface area contributed by atoms with Gasteiger partial charge in [0.25, 0.3) is 5.91 Å². The summed E-state index contributed by atoms with van der Waals surface area (Å²) in [4.78, 5) is 18.8. The Kier molecular flexibility index (Phi) is 5.59. The van der Waals surface area contributed by atoms with Gasteiger partial charge in [0, 0.05) is 19.6 Å². The van der Waals surface area contributed by atoms with E-state index in [1.165, 1.54) is 6.42 Å². The quantitative estimate of drug-likeness (QED) is 0.924. The Bertz CT molecular complexity index is 456. The average molecular weight is 289 g/mol. The van der Waals surface area contributed by atoms with Crippen molar-refractivity contribution in [1.29, 1.82) is 0 Å². The molecule has 0 spiro atoms. The largest absolute Gasteiger partial charge is 0.384 e. The summed E-state index contributed by atoms with van der Waals surface area (Å²) < 4.78 is 0. The molecule has 2 rings (SSSR count). The van der Waals surface area contributed by atoms with Gasteiger partial charge in [0.05, 0.1) is 11.9 Å². The number of hydrogen-bond acceptors (Lipinski definition) is 3. The molecular weight excluding hydrogens is 262 g/mol. The minimum Gasteiger partial charge on any atom is -0.384 e. The first kappa shape index (κ1) is 15.8. The van der Waals surface area contributed by atoms with E-state index in [0.29, 0.717) is 11.6 Å². The van der Waals surface area contributed by atoms with Gasteiger partial charge >= 0.3 is 0 Å². The molecule has 1 aromatic heterocycles. The van der Waals surface area contributed by atoms with Crippen molar-refractivity contribution in [2.24, 2.45) is 11.8 Å². The SMILES string of the molecule is CCNc1ccc(C(=O)N2CCCC(C(C)C)CC2)nc1. The number of aromatic nitrogens is 1. The molecule has 0 bridgehead atoms. The van der Waals surface area contributed by atoms with E-state index < -0.39 is 0 Å². The maximum Gasteiger partial charge on any atom is 0.272 e. The molecule has 1 saturated heterocycles. The van der Waals surface area contributed by atoms with Crippen molar-refractivity contribution in [2.45, 2.75) is 40.0 Å². The van der Waals surface area contributed by atoms with Gasteiger partial charge in [-0.3, -0.25) is 4.79 Å². The first-order valence-electron chi connectivity index (χ1n) is 8.11. The van der Waals surface area contributed by atoms with Crippen LogP contribution in [-0.4, -0.2) is 35.4 Å². The molecule has 4 heteroatoms. The molecule has 1 N–H and O–H groups in total. The van der Waals surface area contributed by atoms with Crippen LogP contribution in [0.1, 0.15) is 50.5 Å². The molecule has 0 aromatic carbocycles. The molecule has 1 aromatic rings. The highest BCUT2D eigenvalue weighted by atomic mass is 16.2. The molecule has 1 unspecified atom stereocenters. The van der Waals surface area contributed by atoms with Gasteiger partial charge in [-0.05, 0) is 50.2 Å². The predicted octanol–water partition coefficient (Wildman–Crippen LogP) is 3.41. The van der Waals surface area contributed by atoms with Crippen LogP contribution >= 0.6 is 0 Å². The number of carbonyl (C=O) groups is 1. The first-order valence-corrected chi connectivity index (χ1v) is 8.11. The molecule has 0 aliphatic carbocycles. The second-order valence-electron chi connectivity index (χ2n) is 6.19. The number of likely N-dealkylation sites (tertiary alicyclic amines) is 1. The van der Waals surface area contributed by atoms with Crippen LogP contribution in [0.15, 0.2) is 18.3 Å². The van der Waals surface area contributed by atoms with Crippen LogP contribution < -0.4 is 5.32 Å². The van der Waals surface area contributed by atoms with E-state index in [-0.39, 0.29) is 5.91 Å². The van der Waals surface area contributed by atoms with Crippen molar-refractivity contribution >= 4 is 11.6 Å². The summed E-state index contributed by atoms with van der Waals surface area (Å²) in [5.41, 5.74) is 1.52. The van der Waals surface area contributed by atoms with E-state index in [4.69, 9.17) is 0 Å². The lowest BCUT2D eigenvalue weighted by Crippen LogP contribution is -2.32. The van der Waals surface area contributed by atoms with Gasteiger partial charge < -0.3 is 10.2 Å². The molecule has 1 amide bonds. The van der Waals surface area contributed by atoms with E-state index in [0.717, 1.165) is 44.1 Å². The van der Waals surface area contributed by atoms with E-state index in [2.05, 4.69) is 24.1 Å². The Morgan fingerprint density at radius 3 is 2.81 bits per heavy atom. The Balaban J connectivity index is 1.99. The molecular formula is C17H27N3O. The fourth-order valence-corrected chi connectivity index (χ4v) is 2.98. The third-order valence-electron chi connectivity index (χ3n) is 4.37. The van der Waals surface area contributed by atoms with Crippen molar-refractivity contribution in [2.75, 3.05) is 25.0 Å². The number of anilines is 1. The molecule has 21 heavy (non-hydrogen) atoms. The van der Waals surface area contributed by atoms with Crippen LogP contribution in [0.5, 0.6) is 0 Å². The minimum atomic E-state index is 0.0717. The second-order valence-corrected chi connectivity index (χ2v) is 6.19. The highest BCUT2D eigenvalue weighted by molar-refractivity contribution is 5.92. The fourth-order valence-electron chi connectivity index (χ4n) is 2.98. The molecule has 116 valence electrons. The third kappa shape index (κ3) is 4.19. The van der Waals surface area contributed by atoms with E-state index >= 15 is 0 Å². The molecule has 2 heterocycles. The average Bonchev–Trinajstić information content (AvgIpc) is 2.73. The van der Waals surface area contributed by atoms with Crippen molar-refractivity contribution in [3.63, 3.8) is 0 Å². The van der Waals surface area contributed by atoms with Crippen molar-refractivity contribution in [1.82, 2.24) is 9.88 Å². The van der Waals surface area contributed by atoms with Gasteiger partial charge in [-0.25, -0.2) is 4.98 Å². The summed E-state index contributed by atoms with van der Waals surface area (Å²) in [6.07, 6.45) is 5.18. The topological polar surface area (TPSA) is 45.2 Å². The van der Waals surface area contributed by atoms with Gasteiger partial charge in [0.2, 0.25) is 0 Å². The number of nitrogens with one attached hydrogen (secondary N) is 1. The zero-order chi connectivity index (χ0) is 15.2. The summed E-state index contributed by atoms with van der Waals surface area (Å²) in [5, 5.41) is 3.19. The highest BCUT2D eigenvalue weighted by Gasteiger charge is 2.23. The van der Waals surface area contributed by atoms with Gasteiger partial charge in [0.1, 0.15) is 5.69 Å². The van der Waals surface area contributed by atoms with Gasteiger partial charge in [-0.15, -0.1) is 0 Å². The number of carbonyl (C=O) groups excluding carboxylic acids is 1. The molecule has 1 aliphatic rings. The molecule has 0 radical (unpaired) electrons. The van der Waals surface area contributed by atoms with Crippen molar-refractivity contribution in [3.8, 4) is 0 Å². The highest BCUT2D eigenvalue weighted by Crippen LogP contribution is 2.25. The van der Waals surface area contributed by atoms with Crippen LogP contribution in [0, 0.1) is 11.8 Å². The number of amides is 1. The maximum absolute atomic E-state index is 12.5. The summed E-state index contributed by atoms with van der Waals surface area (Å²) >= 11 is 0. The van der Waals surface area contributed by atoms with Crippen LogP contribution in [0.2, 0.25) is 0 Å². The first-order chi connectivity index (χ1) is 10.1. The van der Waals surface area contributed by atoms with Crippen LogP contribution in [0.25, 0.3) is 0 Å². The van der Waals surface area contributed by atoms with Gasteiger partial charge in [-0.1, -0.05) is 13.8 Å². The normalized spacial score (nSPS) is 19.4. The van der Waals surface area contributed by atoms with E-state index in [9.17, 15) is 4.79 Å². The lowest BCUT2D eigenvalue weighted by Gasteiger charge is -2.21. The minimum absolute atomic E-state index is 0.0717. The second kappa shape index (κ2) is 7.43. The zero-order valence-electron chi connectivity index (χ0n) is 13.4. The monoisotopic (exact) mass is 289 g/mol. The van der Waals surface area contributed by atoms with Crippen molar-refractivity contribution in [3.05, 3.63) is 24.0 Å². The standard InChI is InChI=1S/C17H27N3O/c1-4-18-15-7-8-16(19-12-15)17(21)20-10-5-6-14(9-11-20)13(2)3/h7-8,12-14,18H,4-6,9-11H2,1-3H3. The Labute approximate surface area is 127 Å².